The lowest BCUT2D eigenvalue weighted by atomic mass is 10.0. The number of hydrogen-bond donors (Lipinski definition) is 6. The van der Waals surface area contributed by atoms with Crippen LogP contribution in [0.4, 0.5) is 0 Å². The van der Waals surface area contributed by atoms with E-state index in [1.807, 2.05) is 0 Å². The zero-order chi connectivity index (χ0) is 19.2. The van der Waals surface area contributed by atoms with Crippen molar-refractivity contribution in [1.29, 1.82) is 0 Å². The van der Waals surface area contributed by atoms with Crippen LogP contribution in [-0.2, 0) is 19.4 Å². The topological polar surface area (TPSA) is 186 Å². The number of aliphatic hydroxyl groups excluding tert-OH is 5. The molecule has 1 saturated heterocycles. The fourth-order valence-corrected chi connectivity index (χ4v) is 3.34. The maximum atomic E-state index is 10.6. The summed E-state index contributed by atoms with van der Waals surface area (Å²) in [5, 5.41) is 51.3. The van der Waals surface area contributed by atoms with Crippen molar-refractivity contribution in [3.05, 3.63) is 12.7 Å². The molecule has 0 saturated carbocycles. The summed E-state index contributed by atoms with van der Waals surface area (Å²) < 4.78 is 39.0. The van der Waals surface area contributed by atoms with Gasteiger partial charge in [0.1, 0.15) is 34.9 Å². The molecule has 13 heteroatoms. The summed E-state index contributed by atoms with van der Waals surface area (Å²) in [5.41, 5.74) is -1.25. The van der Waals surface area contributed by atoms with Gasteiger partial charge in [0.15, 0.2) is 0 Å². The number of rotatable bonds is 8. The number of hydrogen-bond acceptors (Lipinski definition) is 11. The maximum absolute atomic E-state index is 10.6. The largest absolute Gasteiger partial charge is 0.466 e. The number of oxime groups is 1. The van der Waals surface area contributed by atoms with Gasteiger partial charge in [0.25, 0.3) is 0 Å². The monoisotopic (exact) mass is 403 g/mol. The molecule has 1 aliphatic heterocycles. The molecule has 0 bridgehead atoms. The molecule has 1 rings (SSSR count). The number of nitrogens with zero attached hydrogens (tertiary/aromatic N) is 1. The van der Waals surface area contributed by atoms with Crippen molar-refractivity contribution in [3.63, 3.8) is 0 Å². The highest BCUT2D eigenvalue weighted by Crippen LogP contribution is 2.30. The summed E-state index contributed by atoms with van der Waals surface area (Å²) in [6.45, 7) is 2.79. The van der Waals surface area contributed by atoms with Crippen molar-refractivity contribution in [1.82, 2.24) is 0 Å². The van der Waals surface area contributed by atoms with Gasteiger partial charge in [-0.25, -0.2) is 4.28 Å². The van der Waals surface area contributed by atoms with Crippen LogP contribution in [0, 0.1) is 0 Å². The van der Waals surface area contributed by atoms with Crippen LogP contribution in [0.5, 0.6) is 0 Å². The van der Waals surface area contributed by atoms with Gasteiger partial charge < -0.3 is 30.3 Å². The first-order chi connectivity index (χ1) is 11.6. The molecular weight excluding hydrogens is 382 g/mol. The zero-order valence-corrected chi connectivity index (χ0v) is 14.6. The van der Waals surface area contributed by atoms with E-state index in [9.17, 15) is 28.8 Å². The molecule has 0 unspecified atom stereocenters. The van der Waals surface area contributed by atoms with Gasteiger partial charge in [0.05, 0.1) is 12.7 Å². The second-order valence-electron chi connectivity index (χ2n) is 5.18. The van der Waals surface area contributed by atoms with Gasteiger partial charge in [0.2, 0.25) is 0 Å². The molecule has 11 nitrogen and oxygen atoms in total. The molecule has 0 radical (unpaired) electrons. The fourth-order valence-electron chi connectivity index (χ4n) is 1.97. The SMILES string of the molecule is C=CC[C@H](O)C/C(=N/OS(=O)(=O)O)S[C@@H]1O[C@H](CO)[C@@H](O)[C@H](O)[C@H]1O. The van der Waals surface area contributed by atoms with Crippen LogP contribution in [0.2, 0.25) is 0 Å². The van der Waals surface area contributed by atoms with Gasteiger partial charge in [-0.3, -0.25) is 4.55 Å². The number of aliphatic hydroxyl groups is 5. The summed E-state index contributed by atoms with van der Waals surface area (Å²) in [6.07, 6.45) is -5.67. The Balaban J connectivity index is 2.92. The third kappa shape index (κ3) is 7.16. The fraction of sp³-hybridized carbons (Fsp3) is 0.750. The smallest absolute Gasteiger partial charge is 0.394 e. The molecular formula is C12H21NO10S2. The average Bonchev–Trinajstić information content (AvgIpc) is 2.52. The minimum absolute atomic E-state index is 0.139. The number of thioether (sulfide) groups is 1. The molecule has 0 aromatic heterocycles. The van der Waals surface area contributed by atoms with Crippen LogP contribution in [0.25, 0.3) is 0 Å². The van der Waals surface area contributed by atoms with E-state index in [0.29, 0.717) is 11.8 Å². The molecule has 1 aliphatic rings. The van der Waals surface area contributed by atoms with Crippen molar-refractivity contribution in [2.24, 2.45) is 5.16 Å². The summed E-state index contributed by atoms with van der Waals surface area (Å²) in [4.78, 5) is 0. The third-order valence-corrected chi connectivity index (χ3v) is 4.58. The highest BCUT2D eigenvalue weighted by molar-refractivity contribution is 8.14. The Hall–Kier alpha value is -0.770. The summed E-state index contributed by atoms with van der Waals surface area (Å²) in [7, 11) is -4.89. The van der Waals surface area contributed by atoms with Crippen molar-refractivity contribution in [2.45, 2.75) is 48.8 Å². The van der Waals surface area contributed by atoms with Gasteiger partial charge in [-0.15, -0.1) is 6.58 Å². The highest BCUT2D eigenvalue weighted by atomic mass is 32.3. The Morgan fingerprint density at radius 2 is 1.96 bits per heavy atom. The molecule has 0 aliphatic carbocycles. The Morgan fingerprint density at radius 3 is 2.48 bits per heavy atom. The molecule has 1 heterocycles. The van der Waals surface area contributed by atoms with Gasteiger partial charge in [-0.2, -0.15) is 8.42 Å². The van der Waals surface area contributed by atoms with Crippen molar-refractivity contribution < 1.29 is 47.5 Å². The van der Waals surface area contributed by atoms with Crippen LogP contribution < -0.4 is 0 Å². The lowest BCUT2D eigenvalue weighted by molar-refractivity contribution is -0.205. The van der Waals surface area contributed by atoms with Crippen molar-refractivity contribution >= 4 is 27.2 Å². The third-order valence-electron chi connectivity index (χ3n) is 3.18. The second kappa shape index (κ2) is 9.80. The highest BCUT2D eigenvalue weighted by Gasteiger charge is 2.44. The standard InChI is InChI=1S/C12H21NO10S2/c1-2-3-6(15)4-8(13-23-25(19,20)21)24-12-11(18)10(17)9(16)7(5-14)22-12/h2,6-7,9-12,14-18H,1,3-5H2,(H,19,20,21)/b13-8-/t6-,7+,9+,10-,11+,12-/m0/s1. The molecule has 146 valence electrons. The maximum Gasteiger partial charge on any atom is 0.466 e. The molecule has 0 spiro atoms. The predicted molar refractivity (Wildman–Crippen MR) is 86.9 cm³/mol. The van der Waals surface area contributed by atoms with E-state index in [2.05, 4.69) is 16.0 Å². The lowest BCUT2D eigenvalue weighted by Crippen LogP contribution is -2.57. The zero-order valence-electron chi connectivity index (χ0n) is 12.9. The van der Waals surface area contributed by atoms with Crippen LogP contribution >= 0.6 is 11.8 Å². The molecule has 0 aromatic carbocycles. The first-order valence-corrected chi connectivity index (χ1v) is 9.32. The molecule has 25 heavy (non-hydrogen) atoms. The summed E-state index contributed by atoms with van der Waals surface area (Å²) in [5.74, 6) is 0. The van der Waals surface area contributed by atoms with E-state index in [1.165, 1.54) is 6.08 Å². The van der Waals surface area contributed by atoms with Gasteiger partial charge >= 0.3 is 10.4 Å². The molecule has 6 atom stereocenters. The van der Waals surface area contributed by atoms with E-state index < -0.39 is 53.0 Å². The van der Waals surface area contributed by atoms with E-state index in [4.69, 9.17) is 14.4 Å². The summed E-state index contributed by atoms with van der Waals surface area (Å²) in [6, 6.07) is 0. The first kappa shape index (κ1) is 22.3. The minimum Gasteiger partial charge on any atom is -0.394 e. The van der Waals surface area contributed by atoms with E-state index in [1.54, 1.807) is 0 Å². The van der Waals surface area contributed by atoms with E-state index in [0.717, 1.165) is 0 Å². The van der Waals surface area contributed by atoms with Gasteiger partial charge in [-0.05, 0) is 6.42 Å². The second-order valence-corrected chi connectivity index (χ2v) is 7.36. The first-order valence-electron chi connectivity index (χ1n) is 7.08. The average molecular weight is 403 g/mol. The Kier molecular flexibility index (Phi) is 8.73. The normalized spacial score (nSPS) is 32.2. The van der Waals surface area contributed by atoms with Gasteiger partial charge in [-0.1, -0.05) is 23.0 Å². The van der Waals surface area contributed by atoms with Crippen LogP contribution in [0.1, 0.15) is 12.8 Å². The predicted octanol–water partition coefficient (Wildman–Crippen LogP) is -2.02. The van der Waals surface area contributed by atoms with E-state index in [-0.39, 0.29) is 17.9 Å². The molecule has 1 fully saturated rings. The minimum atomic E-state index is -4.89. The van der Waals surface area contributed by atoms with Crippen molar-refractivity contribution in [3.8, 4) is 0 Å². The Bertz CT molecular complexity index is 566. The van der Waals surface area contributed by atoms with E-state index >= 15 is 0 Å². The van der Waals surface area contributed by atoms with Crippen LogP contribution in [0.3, 0.4) is 0 Å². The molecule has 0 amide bonds. The van der Waals surface area contributed by atoms with Crippen LogP contribution in [-0.4, -0.2) is 86.1 Å². The summed E-state index contributed by atoms with van der Waals surface area (Å²) >= 11 is 0.594. The quantitative estimate of drug-likeness (QED) is 0.0863. The van der Waals surface area contributed by atoms with Crippen LogP contribution in [0.15, 0.2) is 17.8 Å². The van der Waals surface area contributed by atoms with Crippen molar-refractivity contribution in [2.75, 3.05) is 6.61 Å². The van der Waals surface area contributed by atoms with Gasteiger partial charge in [0, 0.05) is 6.42 Å². The molecule has 6 N–H and O–H groups in total. The lowest BCUT2D eigenvalue weighted by Gasteiger charge is -2.39. The Labute approximate surface area is 148 Å². The Morgan fingerprint density at radius 1 is 1.32 bits per heavy atom. The molecule has 0 aromatic rings. The number of ether oxygens (including phenoxy) is 1.